The summed E-state index contributed by atoms with van der Waals surface area (Å²) in [5, 5.41) is 34.3. The first kappa shape index (κ1) is 77.3. The molecule has 1 rings (SSSR count). The number of aryl methyl sites for hydroxylation is 1. The minimum Gasteiger partial charge on any atom is -0.481 e. The number of carboxylic acids is 3. The standard InChI is InChI=1S/C37H65N3O14S.C22H33NO5/c1-29(36(47)48)39-33(43)21-20-30(37(49)50)27-31(41)28-54-25-24-53-23-22-38-32(42)18-16-26-55(51,52)40-34(44)17-14-12-10-8-6-4-2-3-5-7-9-11-13-15-19-35(45)46;1-3-6-20(24)7-5-14-27-15-16-28-17-22(26)23-13-4-8-21(25)19-11-9-18(2)10-12-19/h29-30H,2-28H2,1H3,(H,38,42)(H,39,43)(H,40,44)(H,45,46)(H,47,48)(H,49,50);9-12H,3-8,13-17H2,1-2H3,(H,23,26)/t29?,30-;/m1./s1. The summed E-state index contributed by atoms with van der Waals surface area (Å²) in [6.07, 6.45) is 18.1. The highest BCUT2D eigenvalue weighted by Gasteiger charge is 2.24. The highest BCUT2D eigenvalue weighted by molar-refractivity contribution is 7.90. The quantitative estimate of drug-likeness (QED) is 0.0255. The number of aliphatic carboxylic acids is 3. The highest BCUT2D eigenvalue weighted by atomic mass is 32.2. The van der Waals surface area contributed by atoms with Crippen LogP contribution in [0.2, 0.25) is 0 Å². The van der Waals surface area contributed by atoms with Gasteiger partial charge in [-0.2, -0.15) is 0 Å². The predicted molar refractivity (Wildman–Crippen MR) is 311 cm³/mol. The van der Waals surface area contributed by atoms with E-state index in [0.29, 0.717) is 64.0 Å². The summed E-state index contributed by atoms with van der Waals surface area (Å²) < 4.78 is 47.7. The number of ether oxygens (including phenoxy) is 4. The molecule has 0 aliphatic rings. The molecular formula is C59H98N4O19S. The largest absolute Gasteiger partial charge is 0.481 e. The van der Waals surface area contributed by atoms with Crippen LogP contribution in [0.25, 0.3) is 0 Å². The Morgan fingerprint density at radius 3 is 1.59 bits per heavy atom. The lowest BCUT2D eigenvalue weighted by Crippen LogP contribution is -2.38. The van der Waals surface area contributed by atoms with Crippen molar-refractivity contribution in [2.45, 2.75) is 200 Å². The molecule has 0 saturated heterocycles. The maximum atomic E-state index is 12.2. The Balaban J connectivity index is 0.00000200. The topological polar surface area (TPSA) is 351 Å². The van der Waals surface area contributed by atoms with Crippen molar-refractivity contribution >= 4 is 68.9 Å². The average Bonchev–Trinajstić information content (AvgIpc) is 3.42. The molecule has 83 heavy (non-hydrogen) atoms. The smallest absolute Gasteiger partial charge is 0.325 e. The van der Waals surface area contributed by atoms with Crippen LogP contribution in [-0.4, -0.2) is 160 Å². The molecule has 2 atom stereocenters. The molecule has 0 bridgehead atoms. The van der Waals surface area contributed by atoms with Crippen molar-refractivity contribution in [3.63, 3.8) is 0 Å². The molecule has 1 aromatic rings. The first-order valence-electron chi connectivity index (χ1n) is 29.6. The Morgan fingerprint density at radius 1 is 0.494 bits per heavy atom. The Hall–Kier alpha value is -5.69. The Kier molecular flexibility index (Phi) is 47.3. The summed E-state index contributed by atoms with van der Waals surface area (Å²) >= 11 is 0. The van der Waals surface area contributed by atoms with Crippen LogP contribution < -0.4 is 20.7 Å². The SMILES string of the molecule is CC(NC(=O)CC[C@H](CC(=O)COCCOCCNC(=O)CCCS(=O)(=O)NC(=O)CCCCCCCCCCCCCCCCC(=O)O)C(=O)O)C(=O)O.CCCC(=O)CCCOCCOCC(=O)NCCCC(=O)c1ccc(C)cc1. The predicted octanol–water partition coefficient (Wildman–Crippen LogP) is 6.97. The highest BCUT2D eigenvalue weighted by Crippen LogP contribution is 2.15. The van der Waals surface area contributed by atoms with E-state index in [1.165, 1.54) is 39.0 Å². The maximum absolute atomic E-state index is 12.2. The second-order valence-corrected chi connectivity index (χ2v) is 22.4. The number of sulfonamides is 1. The second-order valence-electron chi connectivity index (χ2n) is 20.6. The number of rotatable bonds is 54. The fourth-order valence-corrected chi connectivity index (χ4v) is 9.11. The van der Waals surface area contributed by atoms with Crippen LogP contribution in [-0.2, 0) is 72.1 Å². The molecule has 0 spiro atoms. The number of nitrogens with one attached hydrogen (secondary N) is 4. The lowest BCUT2D eigenvalue weighted by atomic mass is 9.97. The van der Waals surface area contributed by atoms with Gasteiger partial charge in [0.25, 0.3) is 0 Å². The Labute approximate surface area is 491 Å². The van der Waals surface area contributed by atoms with Gasteiger partial charge in [-0.15, -0.1) is 0 Å². The van der Waals surface area contributed by atoms with Crippen LogP contribution in [0.15, 0.2) is 24.3 Å². The van der Waals surface area contributed by atoms with Gasteiger partial charge in [0.05, 0.1) is 44.7 Å². The maximum Gasteiger partial charge on any atom is 0.325 e. The van der Waals surface area contributed by atoms with E-state index >= 15 is 0 Å². The first-order valence-corrected chi connectivity index (χ1v) is 31.3. The number of unbranched alkanes of at least 4 members (excludes halogenated alkanes) is 13. The third-order valence-electron chi connectivity index (χ3n) is 12.8. The van der Waals surface area contributed by atoms with Gasteiger partial charge in [-0.25, -0.2) is 8.42 Å². The number of Topliss-reactive ketones (excluding diaryl/α,β-unsaturated/α-hetero) is 3. The summed E-state index contributed by atoms with van der Waals surface area (Å²) in [5.41, 5.74) is 1.83. The molecule has 474 valence electrons. The van der Waals surface area contributed by atoms with Gasteiger partial charge < -0.3 is 50.2 Å². The lowest BCUT2D eigenvalue weighted by Gasteiger charge is -2.13. The summed E-state index contributed by atoms with van der Waals surface area (Å²) in [7, 11) is -3.85. The van der Waals surface area contributed by atoms with E-state index in [-0.39, 0.29) is 114 Å². The van der Waals surface area contributed by atoms with Gasteiger partial charge in [0, 0.05) is 76.6 Å². The van der Waals surface area contributed by atoms with E-state index in [1.807, 2.05) is 38.1 Å². The zero-order valence-electron chi connectivity index (χ0n) is 49.6. The summed E-state index contributed by atoms with van der Waals surface area (Å²) in [6, 6.07) is 6.37. The number of carboxylic acid groups (broad SMARTS) is 3. The lowest BCUT2D eigenvalue weighted by molar-refractivity contribution is -0.145. The minimum absolute atomic E-state index is 0.0236. The van der Waals surface area contributed by atoms with E-state index in [1.54, 1.807) is 0 Å². The molecule has 0 aromatic heterocycles. The average molecular weight is 1200 g/mol. The first-order chi connectivity index (χ1) is 39.6. The number of benzene rings is 1. The van der Waals surface area contributed by atoms with Gasteiger partial charge in [-0.05, 0) is 58.8 Å². The number of ketones is 3. The van der Waals surface area contributed by atoms with E-state index < -0.39 is 57.5 Å². The van der Waals surface area contributed by atoms with Crippen LogP contribution in [0.1, 0.15) is 203 Å². The summed E-state index contributed by atoms with van der Waals surface area (Å²) in [5.74, 6) is -6.59. The number of hydrogen-bond donors (Lipinski definition) is 7. The molecule has 0 saturated carbocycles. The third-order valence-corrected chi connectivity index (χ3v) is 14.1. The molecule has 1 unspecified atom stereocenters. The monoisotopic (exact) mass is 1200 g/mol. The number of amides is 4. The normalized spacial score (nSPS) is 11.8. The van der Waals surface area contributed by atoms with Gasteiger partial charge in [0.15, 0.2) is 11.6 Å². The number of carbonyl (C=O) groups excluding carboxylic acids is 7. The third kappa shape index (κ3) is 49.5. The zero-order valence-corrected chi connectivity index (χ0v) is 50.4. The van der Waals surface area contributed by atoms with Gasteiger partial charge in [-0.1, -0.05) is 114 Å². The number of hydrogen-bond acceptors (Lipinski definition) is 16. The van der Waals surface area contributed by atoms with Crippen LogP contribution in [0.5, 0.6) is 0 Å². The summed E-state index contributed by atoms with van der Waals surface area (Å²) in [4.78, 5) is 116. The molecule has 0 heterocycles. The van der Waals surface area contributed by atoms with E-state index in [9.17, 15) is 61.5 Å². The Morgan fingerprint density at radius 2 is 1.02 bits per heavy atom. The van der Waals surface area contributed by atoms with Crippen molar-refractivity contribution in [1.82, 2.24) is 20.7 Å². The van der Waals surface area contributed by atoms with Crippen LogP contribution >= 0.6 is 0 Å². The van der Waals surface area contributed by atoms with E-state index in [0.717, 1.165) is 69.8 Å². The van der Waals surface area contributed by atoms with Crippen molar-refractivity contribution in [2.24, 2.45) is 5.92 Å². The molecular weight excluding hydrogens is 1100 g/mol. The van der Waals surface area contributed by atoms with Crippen molar-refractivity contribution < 1.29 is 90.6 Å². The molecule has 0 fully saturated rings. The van der Waals surface area contributed by atoms with E-state index in [2.05, 4.69) is 20.7 Å². The molecule has 23 nitrogen and oxygen atoms in total. The fraction of sp³-hybridized carbons (Fsp3) is 0.729. The molecule has 0 aliphatic carbocycles. The molecule has 0 aliphatic heterocycles. The molecule has 0 radical (unpaired) electrons. The van der Waals surface area contributed by atoms with Crippen molar-refractivity contribution in [2.75, 3.05) is 71.7 Å². The Bertz CT molecular complexity index is 2140. The van der Waals surface area contributed by atoms with E-state index in [4.69, 9.17) is 29.2 Å². The van der Waals surface area contributed by atoms with Crippen molar-refractivity contribution in [3.8, 4) is 0 Å². The van der Waals surface area contributed by atoms with Gasteiger partial charge >= 0.3 is 17.9 Å². The van der Waals surface area contributed by atoms with Crippen molar-refractivity contribution in [3.05, 3.63) is 35.4 Å². The second kappa shape index (κ2) is 50.8. The van der Waals surface area contributed by atoms with Crippen molar-refractivity contribution in [1.29, 1.82) is 0 Å². The zero-order chi connectivity index (χ0) is 61.9. The molecule has 24 heteroatoms. The molecule has 1 aromatic carbocycles. The van der Waals surface area contributed by atoms with Crippen LogP contribution in [0, 0.1) is 12.8 Å². The van der Waals surface area contributed by atoms with Crippen LogP contribution in [0.3, 0.4) is 0 Å². The fourth-order valence-electron chi connectivity index (χ4n) is 8.04. The van der Waals surface area contributed by atoms with Gasteiger partial charge in [-0.3, -0.25) is 52.7 Å². The summed E-state index contributed by atoms with van der Waals surface area (Å²) in [6.45, 7) is 6.97. The van der Waals surface area contributed by atoms with Crippen LogP contribution in [0.4, 0.5) is 0 Å². The number of carbonyl (C=O) groups is 10. The van der Waals surface area contributed by atoms with Gasteiger partial charge in [0.1, 0.15) is 25.0 Å². The minimum atomic E-state index is -3.85. The molecule has 4 amide bonds. The molecule has 7 N–H and O–H groups in total. The van der Waals surface area contributed by atoms with Gasteiger partial charge in [0.2, 0.25) is 33.7 Å².